The molecule has 1 aliphatic heterocycles. The summed E-state index contributed by atoms with van der Waals surface area (Å²) in [6.07, 6.45) is 0. The largest absolute Gasteiger partial charge is 0.486 e. The number of hydrogen-bond acceptors (Lipinski definition) is 3. The summed E-state index contributed by atoms with van der Waals surface area (Å²) in [6, 6.07) is 5.59. The molecule has 5 nitrogen and oxygen atoms in total. The average Bonchev–Trinajstić information content (AvgIpc) is 2.37. The van der Waals surface area contributed by atoms with Crippen LogP contribution >= 0.6 is 0 Å². The predicted octanol–water partition coefficient (Wildman–Crippen LogP) is 2.23. The number of amides is 2. The van der Waals surface area contributed by atoms with Gasteiger partial charge in [-0.2, -0.15) is 0 Å². The maximum absolute atomic E-state index is 11.6. The van der Waals surface area contributed by atoms with Gasteiger partial charge in [0.15, 0.2) is 11.5 Å². The number of fused-ring (bicyclic) bond motifs is 1. The number of carbonyl (C=O) groups is 1. The Kier molecular flexibility index (Phi) is 4.14. The number of benzene rings is 1. The summed E-state index contributed by atoms with van der Waals surface area (Å²) in [4.78, 5) is 11.6. The van der Waals surface area contributed by atoms with Crippen LogP contribution in [-0.2, 0) is 0 Å². The Morgan fingerprint density at radius 1 is 1.11 bits per heavy atom. The van der Waals surface area contributed by atoms with Crippen molar-refractivity contribution in [1.29, 1.82) is 0 Å². The van der Waals surface area contributed by atoms with Crippen molar-refractivity contribution in [3.05, 3.63) is 23.8 Å². The molecule has 1 heterocycles. The van der Waals surface area contributed by atoms with Gasteiger partial charge in [0.1, 0.15) is 13.2 Å². The van der Waals surface area contributed by atoms with Gasteiger partial charge in [0.05, 0.1) is 6.04 Å². The van der Waals surface area contributed by atoms with Crippen LogP contribution in [0.2, 0.25) is 0 Å². The number of nitrogens with one attached hydrogen (secondary N) is 2. The van der Waals surface area contributed by atoms with Gasteiger partial charge < -0.3 is 20.1 Å². The molecule has 0 saturated heterocycles. The smallest absolute Gasteiger partial charge is 0.315 e. The molecule has 0 radical (unpaired) electrons. The number of rotatable bonds is 3. The SMILES string of the molecule is CC(C)NC(=O)NC(C)c1ccc2c(c1)OCCO2. The molecule has 1 aromatic carbocycles. The van der Waals surface area contributed by atoms with Crippen molar-refractivity contribution in [2.75, 3.05) is 13.2 Å². The zero-order valence-corrected chi connectivity index (χ0v) is 11.5. The predicted molar refractivity (Wildman–Crippen MR) is 72.7 cm³/mol. The van der Waals surface area contributed by atoms with Crippen LogP contribution < -0.4 is 20.1 Å². The van der Waals surface area contributed by atoms with Crippen LogP contribution in [0.25, 0.3) is 0 Å². The molecular formula is C14H20N2O3. The van der Waals surface area contributed by atoms with Crippen molar-refractivity contribution < 1.29 is 14.3 Å². The molecule has 1 unspecified atom stereocenters. The van der Waals surface area contributed by atoms with E-state index in [-0.39, 0.29) is 18.1 Å². The molecule has 0 fully saturated rings. The first-order chi connectivity index (χ1) is 9.06. The third-order valence-electron chi connectivity index (χ3n) is 2.83. The highest BCUT2D eigenvalue weighted by Crippen LogP contribution is 2.32. The van der Waals surface area contributed by atoms with E-state index >= 15 is 0 Å². The van der Waals surface area contributed by atoms with E-state index < -0.39 is 0 Å². The van der Waals surface area contributed by atoms with Gasteiger partial charge in [-0.25, -0.2) is 4.79 Å². The fourth-order valence-electron chi connectivity index (χ4n) is 1.91. The monoisotopic (exact) mass is 264 g/mol. The fourth-order valence-corrected chi connectivity index (χ4v) is 1.91. The van der Waals surface area contributed by atoms with Gasteiger partial charge in [-0.1, -0.05) is 6.07 Å². The highest BCUT2D eigenvalue weighted by atomic mass is 16.6. The molecule has 2 rings (SSSR count). The minimum atomic E-state index is -0.169. The van der Waals surface area contributed by atoms with Gasteiger partial charge in [0.2, 0.25) is 0 Å². The molecule has 0 bridgehead atoms. The Hall–Kier alpha value is -1.91. The van der Waals surface area contributed by atoms with Crippen LogP contribution in [0.5, 0.6) is 11.5 Å². The molecule has 0 aromatic heterocycles. The molecule has 0 aliphatic carbocycles. The fraction of sp³-hybridized carbons (Fsp3) is 0.500. The lowest BCUT2D eigenvalue weighted by molar-refractivity contribution is 0.171. The van der Waals surface area contributed by atoms with E-state index in [9.17, 15) is 4.79 Å². The highest BCUT2D eigenvalue weighted by molar-refractivity contribution is 5.74. The van der Waals surface area contributed by atoms with Gasteiger partial charge in [-0.15, -0.1) is 0 Å². The molecule has 19 heavy (non-hydrogen) atoms. The van der Waals surface area contributed by atoms with Crippen LogP contribution in [0.15, 0.2) is 18.2 Å². The summed E-state index contributed by atoms with van der Waals surface area (Å²) in [5.41, 5.74) is 0.989. The molecule has 0 spiro atoms. The summed E-state index contributed by atoms with van der Waals surface area (Å²) in [5.74, 6) is 1.50. The highest BCUT2D eigenvalue weighted by Gasteiger charge is 2.15. The Morgan fingerprint density at radius 3 is 2.47 bits per heavy atom. The summed E-state index contributed by atoms with van der Waals surface area (Å²) in [7, 11) is 0. The summed E-state index contributed by atoms with van der Waals surface area (Å²) < 4.78 is 11.0. The second-order valence-electron chi connectivity index (χ2n) is 4.90. The second kappa shape index (κ2) is 5.82. The van der Waals surface area contributed by atoms with Crippen molar-refractivity contribution in [2.45, 2.75) is 32.9 Å². The molecule has 1 atom stereocenters. The molecule has 104 valence electrons. The van der Waals surface area contributed by atoms with Crippen molar-refractivity contribution in [3.63, 3.8) is 0 Å². The molecule has 2 N–H and O–H groups in total. The third kappa shape index (κ3) is 3.53. The first kappa shape index (κ1) is 13.5. The van der Waals surface area contributed by atoms with Gasteiger partial charge in [0.25, 0.3) is 0 Å². The number of hydrogen-bond donors (Lipinski definition) is 2. The standard InChI is InChI=1S/C14H20N2O3/c1-9(2)15-14(17)16-10(3)11-4-5-12-13(8-11)19-7-6-18-12/h4-5,8-10H,6-7H2,1-3H3,(H2,15,16,17). The van der Waals surface area contributed by atoms with Crippen LogP contribution in [0.1, 0.15) is 32.4 Å². The minimum absolute atomic E-state index is 0.0884. The van der Waals surface area contributed by atoms with Crippen LogP contribution in [-0.4, -0.2) is 25.3 Å². The number of urea groups is 1. The van der Waals surface area contributed by atoms with E-state index in [0.29, 0.717) is 13.2 Å². The van der Waals surface area contributed by atoms with Gasteiger partial charge in [0, 0.05) is 6.04 Å². The zero-order chi connectivity index (χ0) is 13.8. The van der Waals surface area contributed by atoms with E-state index in [4.69, 9.17) is 9.47 Å². The summed E-state index contributed by atoms with van der Waals surface area (Å²) in [6.45, 7) is 6.93. The summed E-state index contributed by atoms with van der Waals surface area (Å²) in [5, 5.41) is 5.69. The normalized spacial score (nSPS) is 14.9. The lowest BCUT2D eigenvalue weighted by Crippen LogP contribution is -2.40. The van der Waals surface area contributed by atoms with Gasteiger partial charge in [-0.05, 0) is 38.5 Å². The Bertz CT molecular complexity index is 460. The summed E-state index contributed by atoms with van der Waals surface area (Å²) >= 11 is 0. The molecule has 1 aromatic rings. The number of carbonyl (C=O) groups excluding carboxylic acids is 1. The Labute approximate surface area is 113 Å². The first-order valence-corrected chi connectivity index (χ1v) is 6.53. The maximum atomic E-state index is 11.6. The average molecular weight is 264 g/mol. The first-order valence-electron chi connectivity index (χ1n) is 6.53. The van der Waals surface area contributed by atoms with Crippen LogP contribution in [0.4, 0.5) is 4.79 Å². The zero-order valence-electron chi connectivity index (χ0n) is 11.5. The van der Waals surface area contributed by atoms with Gasteiger partial charge >= 0.3 is 6.03 Å². The van der Waals surface area contributed by atoms with E-state index in [0.717, 1.165) is 17.1 Å². The van der Waals surface area contributed by atoms with Crippen LogP contribution in [0.3, 0.4) is 0 Å². The molecule has 5 heteroatoms. The van der Waals surface area contributed by atoms with Crippen molar-refractivity contribution in [2.24, 2.45) is 0 Å². The second-order valence-corrected chi connectivity index (χ2v) is 4.90. The maximum Gasteiger partial charge on any atom is 0.315 e. The van der Waals surface area contributed by atoms with Crippen LogP contribution in [0, 0.1) is 0 Å². The van der Waals surface area contributed by atoms with Crippen molar-refractivity contribution in [1.82, 2.24) is 10.6 Å². The van der Waals surface area contributed by atoms with E-state index in [1.165, 1.54) is 0 Å². The van der Waals surface area contributed by atoms with E-state index in [2.05, 4.69) is 10.6 Å². The Morgan fingerprint density at radius 2 is 1.79 bits per heavy atom. The molecule has 0 saturated carbocycles. The molecular weight excluding hydrogens is 244 g/mol. The minimum Gasteiger partial charge on any atom is -0.486 e. The van der Waals surface area contributed by atoms with E-state index in [1.807, 2.05) is 39.0 Å². The van der Waals surface area contributed by atoms with Crippen molar-refractivity contribution >= 4 is 6.03 Å². The van der Waals surface area contributed by atoms with E-state index in [1.54, 1.807) is 0 Å². The van der Waals surface area contributed by atoms with Gasteiger partial charge in [-0.3, -0.25) is 0 Å². The topological polar surface area (TPSA) is 59.6 Å². The lowest BCUT2D eigenvalue weighted by atomic mass is 10.1. The van der Waals surface area contributed by atoms with Crippen molar-refractivity contribution in [3.8, 4) is 11.5 Å². The quantitative estimate of drug-likeness (QED) is 0.880. The number of ether oxygens (including phenoxy) is 2. The Balaban J connectivity index is 2.03. The molecule has 1 aliphatic rings. The third-order valence-corrected chi connectivity index (χ3v) is 2.83. The molecule has 2 amide bonds. The lowest BCUT2D eigenvalue weighted by Gasteiger charge is -2.21.